The normalized spacial score (nSPS) is 18.2. The van der Waals surface area contributed by atoms with Crippen molar-refractivity contribution < 1.29 is 9.59 Å². The molecule has 0 aliphatic carbocycles. The Kier molecular flexibility index (Phi) is 5.89. The molecular formula is C20H22ClN3O2. The van der Waals surface area contributed by atoms with E-state index in [0.29, 0.717) is 23.7 Å². The number of amides is 2. The predicted molar refractivity (Wildman–Crippen MR) is 101 cm³/mol. The van der Waals surface area contributed by atoms with E-state index in [2.05, 4.69) is 10.3 Å². The molecule has 0 spiro atoms. The van der Waals surface area contributed by atoms with Gasteiger partial charge in [-0.25, -0.2) is 0 Å². The lowest BCUT2D eigenvalue weighted by molar-refractivity contribution is -0.127. The van der Waals surface area contributed by atoms with E-state index >= 15 is 0 Å². The monoisotopic (exact) mass is 371 g/mol. The van der Waals surface area contributed by atoms with Crippen molar-refractivity contribution in [1.29, 1.82) is 0 Å². The maximum absolute atomic E-state index is 12.7. The highest BCUT2D eigenvalue weighted by atomic mass is 35.5. The Bertz CT molecular complexity index is 764. The average molecular weight is 372 g/mol. The molecule has 2 atom stereocenters. The number of rotatable bonds is 4. The van der Waals surface area contributed by atoms with Crippen LogP contribution in [-0.2, 0) is 4.79 Å². The second-order valence-electron chi connectivity index (χ2n) is 6.58. The zero-order chi connectivity index (χ0) is 18.5. The zero-order valence-electron chi connectivity index (χ0n) is 14.7. The van der Waals surface area contributed by atoms with Crippen molar-refractivity contribution in [3.8, 4) is 0 Å². The van der Waals surface area contributed by atoms with E-state index in [1.54, 1.807) is 35.4 Å². The maximum atomic E-state index is 12.7. The van der Waals surface area contributed by atoms with Gasteiger partial charge in [-0.05, 0) is 56.2 Å². The van der Waals surface area contributed by atoms with Gasteiger partial charge in [-0.3, -0.25) is 14.6 Å². The fraction of sp³-hybridized carbons (Fsp3) is 0.350. The summed E-state index contributed by atoms with van der Waals surface area (Å²) < 4.78 is 0. The second kappa shape index (κ2) is 8.32. The molecule has 0 bridgehead atoms. The molecule has 6 heteroatoms. The summed E-state index contributed by atoms with van der Waals surface area (Å²) >= 11 is 5.88. The Balaban J connectivity index is 1.61. The van der Waals surface area contributed by atoms with E-state index in [4.69, 9.17) is 11.6 Å². The fourth-order valence-electron chi connectivity index (χ4n) is 3.19. The van der Waals surface area contributed by atoms with E-state index in [9.17, 15) is 9.59 Å². The molecule has 3 rings (SSSR count). The number of likely N-dealkylation sites (tertiary alicyclic amines) is 1. The molecule has 2 heterocycles. The topological polar surface area (TPSA) is 62.3 Å². The lowest BCUT2D eigenvalue weighted by Crippen LogP contribution is -2.45. The van der Waals surface area contributed by atoms with Crippen LogP contribution in [-0.4, -0.2) is 34.8 Å². The molecule has 1 fully saturated rings. The lowest BCUT2D eigenvalue weighted by Gasteiger charge is -2.32. The third-order valence-corrected chi connectivity index (χ3v) is 4.91. The number of piperidine rings is 1. The molecule has 1 aliphatic heterocycles. The highest BCUT2D eigenvalue weighted by molar-refractivity contribution is 6.30. The van der Waals surface area contributed by atoms with Crippen LogP contribution in [0.4, 0.5) is 0 Å². The number of benzene rings is 1. The van der Waals surface area contributed by atoms with Crippen LogP contribution in [0.15, 0.2) is 48.7 Å². The molecule has 1 aromatic carbocycles. The average Bonchev–Trinajstić information content (AvgIpc) is 2.68. The predicted octanol–water partition coefficient (Wildman–Crippen LogP) is 3.46. The van der Waals surface area contributed by atoms with Crippen LogP contribution < -0.4 is 5.32 Å². The minimum atomic E-state index is -0.203. The Hall–Kier alpha value is -2.40. The Morgan fingerprint density at radius 1 is 1.23 bits per heavy atom. The van der Waals surface area contributed by atoms with Crippen molar-refractivity contribution in [1.82, 2.24) is 15.2 Å². The number of hydrogen-bond donors (Lipinski definition) is 1. The van der Waals surface area contributed by atoms with Crippen LogP contribution in [0.2, 0.25) is 5.02 Å². The number of halogens is 1. The Morgan fingerprint density at radius 3 is 2.69 bits per heavy atom. The van der Waals surface area contributed by atoms with Gasteiger partial charge in [0.05, 0.1) is 17.7 Å². The molecular weight excluding hydrogens is 350 g/mol. The minimum absolute atomic E-state index is 0.0308. The van der Waals surface area contributed by atoms with Crippen LogP contribution in [0.1, 0.15) is 41.9 Å². The van der Waals surface area contributed by atoms with E-state index in [1.807, 2.05) is 25.1 Å². The number of nitrogens with one attached hydrogen (secondary N) is 1. The van der Waals surface area contributed by atoms with Gasteiger partial charge in [0, 0.05) is 29.9 Å². The zero-order valence-corrected chi connectivity index (χ0v) is 15.4. The molecule has 1 N–H and O–H groups in total. The molecule has 0 saturated carbocycles. The molecule has 1 saturated heterocycles. The van der Waals surface area contributed by atoms with Crippen molar-refractivity contribution in [2.45, 2.75) is 25.8 Å². The molecule has 2 unspecified atom stereocenters. The number of pyridine rings is 1. The van der Waals surface area contributed by atoms with E-state index in [1.165, 1.54) is 0 Å². The van der Waals surface area contributed by atoms with Gasteiger partial charge in [0.1, 0.15) is 0 Å². The van der Waals surface area contributed by atoms with Crippen LogP contribution in [0.25, 0.3) is 0 Å². The van der Waals surface area contributed by atoms with Gasteiger partial charge in [0.25, 0.3) is 5.91 Å². The van der Waals surface area contributed by atoms with E-state index in [-0.39, 0.29) is 23.8 Å². The number of aromatic nitrogens is 1. The van der Waals surface area contributed by atoms with Crippen molar-refractivity contribution in [2.75, 3.05) is 13.1 Å². The molecule has 0 radical (unpaired) electrons. The SMILES string of the molecule is CC(NC(=O)C1CCCN(C(=O)c2ccc(Cl)cc2)C1)c1ccccn1. The second-order valence-corrected chi connectivity index (χ2v) is 7.02. The summed E-state index contributed by atoms with van der Waals surface area (Å²) in [6.07, 6.45) is 3.31. The first-order valence-corrected chi connectivity index (χ1v) is 9.18. The molecule has 136 valence electrons. The van der Waals surface area contributed by atoms with Gasteiger partial charge in [-0.1, -0.05) is 17.7 Å². The Morgan fingerprint density at radius 2 is 2.00 bits per heavy atom. The summed E-state index contributed by atoms with van der Waals surface area (Å²) in [6.45, 7) is 3.02. The summed E-state index contributed by atoms with van der Waals surface area (Å²) in [6, 6.07) is 12.3. The number of carbonyl (C=O) groups is 2. The fourth-order valence-corrected chi connectivity index (χ4v) is 3.31. The standard InChI is InChI=1S/C20H22ClN3O2/c1-14(18-6-2-3-11-22-18)23-19(25)16-5-4-12-24(13-16)20(26)15-7-9-17(21)10-8-15/h2-3,6-11,14,16H,4-5,12-13H2,1H3,(H,23,25). The third kappa shape index (κ3) is 4.41. The molecule has 2 aromatic rings. The first kappa shape index (κ1) is 18.4. The van der Waals surface area contributed by atoms with Crippen LogP contribution in [0.3, 0.4) is 0 Å². The molecule has 5 nitrogen and oxygen atoms in total. The summed E-state index contributed by atoms with van der Waals surface area (Å²) in [5, 5.41) is 3.61. The van der Waals surface area contributed by atoms with Crippen LogP contribution in [0.5, 0.6) is 0 Å². The largest absolute Gasteiger partial charge is 0.348 e. The summed E-state index contributed by atoms with van der Waals surface area (Å²) in [4.78, 5) is 31.3. The maximum Gasteiger partial charge on any atom is 0.253 e. The first-order chi connectivity index (χ1) is 12.5. The van der Waals surface area contributed by atoms with E-state index in [0.717, 1.165) is 18.5 Å². The smallest absolute Gasteiger partial charge is 0.253 e. The number of hydrogen-bond acceptors (Lipinski definition) is 3. The highest BCUT2D eigenvalue weighted by Crippen LogP contribution is 2.21. The van der Waals surface area contributed by atoms with Gasteiger partial charge in [0.2, 0.25) is 5.91 Å². The lowest BCUT2D eigenvalue weighted by atomic mass is 9.96. The van der Waals surface area contributed by atoms with Crippen molar-refractivity contribution in [3.05, 3.63) is 64.9 Å². The quantitative estimate of drug-likeness (QED) is 0.895. The van der Waals surface area contributed by atoms with Gasteiger partial charge < -0.3 is 10.2 Å². The van der Waals surface area contributed by atoms with E-state index < -0.39 is 0 Å². The summed E-state index contributed by atoms with van der Waals surface area (Å²) in [5.74, 6) is -0.292. The van der Waals surface area contributed by atoms with Gasteiger partial charge in [0.15, 0.2) is 0 Å². The third-order valence-electron chi connectivity index (χ3n) is 4.66. The number of carbonyl (C=O) groups excluding carboxylic acids is 2. The van der Waals surface area contributed by atoms with Gasteiger partial charge in [-0.2, -0.15) is 0 Å². The summed E-state index contributed by atoms with van der Waals surface area (Å²) in [5.41, 5.74) is 1.42. The molecule has 2 amide bonds. The first-order valence-electron chi connectivity index (χ1n) is 8.81. The summed E-state index contributed by atoms with van der Waals surface area (Å²) in [7, 11) is 0. The minimum Gasteiger partial charge on any atom is -0.348 e. The molecule has 1 aliphatic rings. The van der Waals surface area contributed by atoms with Gasteiger partial charge >= 0.3 is 0 Å². The Labute approximate surface area is 158 Å². The van der Waals surface area contributed by atoms with Gasteiger partial charge in [-0.15, -0.1) is 0 Å². The van der Waals surface area contributed by atoms with Crippen molar-refractivity contribution in [3.63, 3.8) is 0 Å². The molecule has 26 heavy (non-hydrogen) atoms. The highest BCUT2D eigenvalue weighted by Gasteiger charge is 2.29. The molecule has 1 aromatic heterocycles. The van der Waals surface area contributed by atoms with Crippen molar-refractivity contribution >= 4 is 23.4 Å². The number of nitrogens with zero attached hydrogens (tertiary/aromatic N) is 2. The van der Waals surface area contributed by atoms with Crippen LogP contribution >= 0.6 is 11.6 Å². The van der Waals surface area contributed by atoms with Crippen LogP contribution in [0, 0.1) is 5.92 Å². The van der Waals surface area contributed by atoms with Crippen molar-refractivity contribution in [2.24, 2.45) is 5.92 Å².